The summed E-state index contributed by atoms with van der Waals surface area (Å²) in [6.45, 7) is 2.18. The zero-order valence-electron chi connectivity index (χ0n) is 16.2. The van der Waals surface area contributed by atoms with E-state index in [0.717, 1.165) is 48.8 Å². The molecule has 1 saturated heterocycles. The molecular weight excluding hydrogens is 412 g/mol. The van der Waals surface area contributed by atoms with E-state index in [9.17, 15) is 13.6 Å². The van der Waals surface area contributed by atoms with Crippen LogP contribution in [0.2, 0.25) is 0 Å². The number of carbonyl (C=O) groups is 1. The smallest absolute Gasteiger partial charge is 0.277 e. The summed E-state index contributed by atoms with van der Waals surface area (Å²) in [6.07, 6.45) is 2.51. The molecule has 1 amide bonds. The maximum absolute atomic E-state index is 14.1. The molecule has 8 nitrogen and oxygen atoms in total. The maximum Gasteiger partial charge on any atom is 0.277 e. The van der Waals surface area contributed by atoms with E-state index in [2.05, 4.69) is 20.3 Å². The summed E-state index contributed by atoms with van der Waals surface area (Å²) in [4.78, 5) is 19.1. The van der Waals surface area contributed by atoms with Crippen molar-refractivity contribution in [3.63, 3.8) is 0 Å². The van der Waals surface area contributed by atoms with Crippen LogP contribution in [0.25, 0.3) is 10.6 Å². The lowest BCUT2D eigenvalue weighted by atomic mass is 10.1. The van der Waals surface area contributed by atoms with E-state index in [1.165, 1.54) is 6.07 Å². The van der Waals surface area contributed by atoms with Crippen LogP contribution < -0.4 is 21.7 Å². The number of rotatable bonds is 5. The highest BCUT2D eigenvalue weighted by Gasteiger charge is 2.28. The van der Waals surface area contributed by atoms with Gasteiger partial charge in [0.15, 0.2) is 11.5 Å². The van der Waals surface area contributed by atoms with Crippen LogP contribution in [0.15, 0.2) is 24.4 Å². The van der Waals surface area contributed by atoms with Gasteiger partial charge < -0.3 is 21.7 Å². The number of thiazole rings is 1. The van der Waals surface area contributed by atoms with Crippen LogP contribution in [0, 0.1) is 17.6 Å². The van der Waals surface area contributed by atoms with Crippen molar-refractivity contribution in [1.29, 1.82) is 0 Å². The van der Waals surface area contributed by atoms with Crippen LogP contribution in [0.3, 0.4) is 0 Å². The summed E-state index contributed by atoms with van der Waals surface area (Å²) in [5, 5.41) is 7.09. The zero-order chi connectivity index (χ0) is 21.4. The van der Waals surface area contributed by atoms with E-state index in [1.54, 1.807) is 17.9 Å². The first-order valence-corrected chi connectivity index (χ1v) is 10.2. The third kappa shape index (κ3) is 3.61. The molecule has 30 heavy (non-hydrogen) atoms. The van der Waals surface area contributed by atoms with Gasteiger partial charge in [0, 0.05) is 20.1 Å². The first-order valence-electron chi connectivity index (χ1n) is 9.38. The van der Waals surface area contributed by atoms with Crippen LogP contribution in [0.5, 0.6) is 0 Å². The monoisotopic (exact) mass is 433 g/mol. The summed E-state index contributed by atoms with van der Waals surface area (Å²) < 4.78 is 29.8. The van der Waals surface area contributed by atoms with Crippen molar-refractivity contribution < 1.29 is 13.6 Å². The molecule has 1 aliphatic rings. The van der Waals surface area contributed by atoms with Crippen LogP contribution in [0.4, 0.5) is 25.3 Å². The highest BCUT2D eigenvalue weighted by atomic mass is 32.1. The molecular formula is C19H21F2N7OS. The minimum absolute atomic E-state index is 0.00462. The Kier molecular flexibility index (Phi) is 5.39. The molecule has 158 valence electrons. The Hall–Kier alpha value is -3.05. The van der Waals surface area contributed by atoms with E-state index in [4.69, 9.17) is 11.5 Å². The first-order chi connectivity index (χ1) is 14.4. The van der Waals surface area contributed by atoms with E-state index >= 15 is 0 Å². The van der Waals surface area contributed by atoms with Crippen molar-refractivity contribution in [3.05, 3.63) is 41.7 Å². The van der Waals surface area contributed by atoms with Gasteiger partial charge in [0.05, 0.1) is 11.8 Å². The zero-order valence-corrected chi connectivity index (χ0v) is 17.0. The van der Waals surface area contributed by atoms with Gasteiger partial charge in [-0.2, -0.15) is 5.10 Å². The lowest BCUT2D eigenvalue weighted by Gasteiger charge is -2.20. The second kappa shape index (κ2) is 8.00. The van der Waals surface area contributed by atoms with Gasteiger partial charge in [0.25, 0.3) is 5.91 Å². The average Bonchev–Trinajstić information content (AvgIpc) is 3.40. The van der Waals surface area contributed by atoms with Gasteiger partial charge in [-0.15, -0.1) is 0 Å². The number of benzene rings is 1. The minimum atomic E-state index is -0.770. The molecule has 1 aromatic carbocycles. The topological polar surface area (TPSA) is 115 Å². The Morgan fingerprint density at radius 1 is 1.37 bits per heavy atom. The fraction of sp³-hybridized carbons (Fsp3) is 0.316. The standard InChI is InChI=1S/C19H21F2N7OS/c1-27-19(28-6-5-10(7-22)9-28)13(8-24-27)25-17(29)15-16(23)30-18(26-15)14-11(20)3-2-4-12(14)21/h2-4,8,10H,5-7,9,22-23H2,1H3,(H,25,29). The molecule has 2 aromatic heterocycles. The van der Waals surface area contributed by atoms with Crippen molar-refractivity contribution in [2.45, 2.75) is 6.42 Å². The summed E-state index contributed by atoms with van der Waals surface area (Å²) in [7, 11) is 1.79. The number of amides is 1. The Morgan fingerprint density at radius 3 is 2.77 bits per heavy atom. The third-order valence-electron chi connectivity index (χ3n) is 5.12. The minimum Gasteiger partial charge on any atom is -0.389 e. The highest BCUT2D eigenvalue weighted by molar-refractivity contribution is 7.19. The predicted molar refractivity (Wildman–Crippen MR) is 112 cm³/mol. The molecule has 3 aromatic rings. The Bertz CT molecular complexity index is 1080. The number of nitrogens with two attached hydrogens (primary N) is 2. The number of hydrogen-bond donors (Lipinski definition) is 3. The number of anilines is 3. The van der Waals surface area contributed by atoms with Gasteiger partial charge in [-0.05, 0) is 31.0 Å². The Balaban J connectivity index is 1.60. The number of halogens is 2. The molecule has 0 radical (unpaired) electrons. The summed E-state index contributed by atoms with van der Waals surface area (Å²) >= 11 is 0.853. The molecule has 1 fully saturated rings. The van der Waals surface area contributed by atoms with E-state index < -0.39 is 17.5 Å². The van der Waals surface area contributed by atoms with Gasteiger partial charge >= 0.3 is 0 Å². The van der Waals surface area contributed by atoms with E-state index in [1.807, 2.05) is 0 Å². The lowest BCUT2D eigenvalue weighted by Crippen LogP contribution is -2.26. The van der Waals surface area contributed by atoms with Crippen LogP contribution in [-0.4, -0.2) is 40.3 Å². The molecule has 5 N–H and O–H groups in total. The average molecular weight is 433 g/mol. The Morgan fingerprint density at radius 2 is 2.10 bits per heavy atom. The summed E-state index contributed by atoms with van der Waals surface area (Å²) in [5.41, 5.74) is 11.8. The molecule has 0 bridgehead atoms. The number of hydrogen-bond acceptors (Lipinski definition) is 7. The van der Waals surface area contributed by atoms with Crippen molar-refractivity contribution in [1.82, 2.24) is 14.8 Å². The quantitative estimate of drug-likeness (QED) is 0.569. The van der Waals surface area contributed by atoms with Crippen LogP contribution in [-0.2, 0) is 7.05 Å². The fourth-order valence-corrected chi connectivity index (χ4v) is 4.47. The lowest BCUT2D eigenvalue weighted by molar-refractivity contribution is 0.102. The van der Waals surface area contributed by atoms with Crippen LogP contribution >= 0.6 is 11.3 Å². The van der Waals surface area contributed by atoms with E-state index in [-0.39, 0.29) is 21.3 Å². The van der Waals surface area contributed by atoms with Crippen molar-refractivity contribution >= 4 is 33.8 Å². The summed E-state index contributed by atoms with van der Waals surface area (Å²) in [5.74, 6) is -0.970. The molecule has 0 spiro atoms. The second-order valence-electron chi connectivity index (χ2n) is 7.12. The van der Waals surface area contributed by atoms with Gasteiger partial charge in [0.2, 0.25) is 0 Å². The first kappa shape index (κ1) is 20.2. The number of nitrogens with zero attached hydrogens (tertiary/aromatic N) is 4. The fourth-order valence-electron chi connectivity index (χ4n) is 3.60. The highest BCUT2D eigenvalue weighted by Crippen LogP contribution is 2.35. The van der Waals surface area contributed by atoms with Crippen molar-refractivity contribution in [2.75, 3.05) is 35.6 Å². The second-order valence-corrected chi connectivity index (χ2v) is 8.16. The molecule has 3 heterocycles. The molecule has 1 aliphatic heterocycles. The number of aromatic nitrogens is 3. The van der Waals surface area contributed by atoms with Crippen molar-refractivity contribution in [3.8, 4) is 10.6 Å². The van der Waals surface area contributed by atoms with Crippen molar-refractivity contribution in [2.24, 2.45) is 18.7 Å². The molecule has 11 heteroatoms. The molecule has 0 saturated carbocycles. The number of nitrogen functional groups attached to an aromatic ring is 1. The number of nitrogens with one attached hydrogen (secondary N) is 1. The molecule has 1 atom stereocenters. The number of carbonyl (C=O) groups excluding carboxylic acids is 1. The SMILES string of the molecule is Cn1ncc(NC(=O)c2nc(-c3c(F)cccc3F)sc2N)c1N1CCC(CN)C1. The third-order valence-corrected chi connectivity index (χ3v) is 6.02. The van der Waals surface area contributed by atoms with Gasteiger partial charge in [-0.25, -0.2) is 13.8 Å². The van der Waals surface area contributed by atoms with E-state index in [0.29, 0.717) is 18.2 Å². The Labute approximate surface area is 175 Å². The predicted octanol–water partition coefficient (Wildman–Crippen LogP) is 2.44. The van der Waals surface area contributed by atoms with Gasteiger partial charge in [0.1, 0.15) is 27.3 Å². The van der Waals surface area contributed by atoms with Gasteiger partial charge in [-0.3, -0.25) is 9.48 Å². The summed E-state index contributed by atoms with van der Waals surface area (Å²) in [6, 6.07) is 3.51. The van der Waals surface area contributed by atoms with Gasteiger partial charge in [-0.1, -0.05) is 17.4 Å². The molecule has 4 rings (SSSR count). The number of aryl methyl sites for hydroxylation is 1. The largest absolute Gasteiger partial charge is 0.389 e. The van der Waals surface area contributed by atoms with Crippen LogP contribution in [0.1, 0.15) is 16.9 Å². The normalized spacial score (nSPS) is 16.3. The molecule has 1 unspecified atom stereocenters. The maximum atomic E-state index is 14.1. The molecule has 0 aliphatic carbocycles.